The van der Waals surface area contributed by atoms with Crippen LogP contribution in [0.2, 0.25) is 0 Å². The molecule has 0 aliphatic carbocycles. The summed E-state index contributed by atoms with van der Waals surface area (Å²) >= 11 is 1.91. The van der Waals surface area contributed by atoms with Crippen LogP contribution in [0.5, 0.6) is 0 Å². The van der Waals surface area contributed by atoms with E-state index in [1.54, 1.807) is 0 Å². The van der Waals surface area contributed by atoms with Gasteiger partial charge in [-0.25, -0.2) is 0 Å². The van der Waals surface area contributed by atoms with Gasteiger partial charge in [-0.05, 0) is 32.7 Å². The monoisotopic (exact) mass is 246 g/mol. The maximum Gasteiger partial charge on any atom is 0.0707 e. The second kappa shape index (κ2) is 8.34. The van der Waals surface area contributed by atoms with Crippen LogP contribution in [0.3, 0.4) is 0 Å². The average Bonchev–Trinajstić information content (AvgIpc) is 2.71. The van der Waals surface area contributed by atoms with Gasteiger partial charge in [0.1, 0.15) is 0 Å². The first-order chi connectivity index (χ1) is 7.76. The van der Waals surface area contributed by atoms with Crippen molar-refractivity contribution in [3.8, 4) is 0 Å². The summed E-state index contributed by atoms with van der Waals surface area (Å²) in [4.78, 5) is 2.39. The van der Waals surface area contributed by atoms with Gasteiger partial charge < -0.3 is 15.0 Å². The molecule has 1 aliphatic rings. The summed E-state index contributed by atoms with van der Waals surface area (Å²) in [5, 5.41) is 3.36. The molecule has 3 nitrogen and oxygen atoms in total. The van der Waals surface area contributed by atoms with E-state index in [9.17, 15) is 0 Å². The fourth-order valence-electron chi connectivity index (χ4n) is 2.06. The number of nitrogens with one attached hydrogen (secondary N) is 1. The first kappa shape index (κ1) is 14.3. The second-order valence-corrected chi connectivity index (χ2v) is 5.51. The minimum Gasteiger partial charge on any atom is -0.372 e. The maximum absolute atomic E-state index is 6.00. The van der Waals surface area contributed by atoms with E-state index in [4.69, 9.17) is 4.74 Å². The van der Waals surface area contributed by atoms with Gasteiger partial charge in [-0.2, -0.15) is 11.8 Å². The van der Waals surface area contributed by atoms with E-state index in [2.05, 4.69) is 30.4 Å². The number of nitrogens with zero attached hydrogens (tertiary/aromatic N) is 1. The Morgan fingerprint density at radius 1 is 1.38 bits per heavy atom. The zero-order valence-electron chi connectivity index (χ0n) is 10.9. The van der Waals surface area contributed by atoms with Crippen molar-refractivity contribution in [2.75, 3.05) is 45.2 Å². The molecule has 2 unspecified atom stereocenters. The van der Waals surface area contributed by atoms with Crippen LogP contribution in [0.4, 0.5) is 0 Å². The molecule has 2 atom stereocenters. The van der Waals surface area contributed by atoms with E-state index < -0.39 is 0 Å². The molecule has 1 saturated heterocycles. The van der Waals surface area contributed by atoms with Gasteiger partial charge in [0.2, 0.25) is 0 Å². The maximum atomic E-state index is 6.00. The van der Waals surface area contributed by atoms with Gasteiger partial charge in [-0.15, -0.1) is 0 Å². The quantitative estimate of drug-likeness (QED) is 0.700. The van der Waals surface area contributed by atoms with Gasteiger partial charge in [0, 0.05) is 25.4 Å². The lowest BCUT2D eigenvalue weighted by molar-refractivity contribution is 0.0291. The molecule has 0 amide bonds. The lowest BCUT2D eigenvalue weighted by Gasteiger charge is -2.21. The molecule has 1 rings (SSSR count). The summed E-state index contributed by atoms with van der Waals surface area (Å²) in [5.41, 5.74) is 0. The molecule has 1 fully saturated rings. The highest BCUT2D eigenvalue weighted by atomic mass is 32.2. The van der Waals surface area contributed by atoms with E-state index in [1.807, 2.05) is 11.8 Å². The molecular weight excluding hydrogens is 220 g/mol. The Kier molecular flexibility index (Phi) is 7.45. The van der Waals surface area contributed by atoms with Crippen LogP contribution in [-0.2, 0) is 4.74 Å². The van der Waals surface area contributed by atoms with Crippen LogP contribution in [0.15, 0.2) is 0 Å². The highest BCUT2D eigenvalue weighted by Crippen LogP contribution is 2.19. The number of thioether (sulfide) groups is 1. The van der Waals surface area contributed by atoms with Crippen molar-refractivity contribution in [1.82, 2.24) is 10.2 Å². The highest BCUT2D eigenvalue weighted by molar-refractivity contribution is 7.98. The topological polar surface area (TPSA) is 24.5 Å². The molecule has 0 aromatic carbocycles. The Hall–Kier alpha value is 0.230. The van der Waals surface area contributed by atoms with Crippen molar-refractivity contribution in [3.63, 3.8) is 0 Å². The zero-order valence-corrected chi connectivity index (χ0v) is 11.7. The van der Waals surface area contributed by atoms with Gasteiger partial charge in [0.05, 0.1) is 12.2 Å². The molecule has 16 heavy (non-hydrogen) atoms. The minimum absolute atomic E-state index is 0.443. The normalized spacial score (nSPS) is 25.5. The average molecular weight is 246 g/mol. The lowest BCUT2D eigenvalue weighted by Crippen LogP contribution is -2.32. The van der Waals surface area contributed by atoms with E-state index >= 15 is 0 Å². The first-order valence-electron chi connectivity index (χ1n) is 6.30. The van der Waals surface area contributed by atoms with Crippen molar-refractivity contribution in [3.05, 3.63) is 0 Å². The zero-order chi connectivity index (χ0) is 11.8. The fraction of sp³-hybridized carbons (Fsp3) is 1.00. The van der Waals surface area contributed by atoms with E-state index in [0.717, 1.165) is 19.6 Å². The summed E-state index contributed by atoms with van der Waals surface area (Å²) in [7, 11) is 2.19. The highest BCUT2D eigenvalue weighted by Gasteiger charge is 2.25. The third-order valence-corrected chi connectivity index (χ3v) is 3.60. The fourth-order valence-corrected chi connectivity index (χ4v) is 2.55. The van der Waals surface area contributed by atoms with Gasteiger partial charge in [0.25, 0.3) is 0 Å². The van der Waals surface area contributed by atoms with Crippen molar-refractivity contribution in [2.45, 2.75) is 32.0 Å². The number of hydrogen-bond acceptors (Lipinski definition) is 4. The predicted molar refractivity (Wildman–Crippen MR) is 72.3 cm³/mol. The Labute approximate surface area is 104 Å². The third kappa shape index (κ3) is 5.53. The number of ether oxygens (including phenoxy) is 1. The van der Waals surface area contributed by atoms with Crippen LogP contribution in [-0.4, -0.2) is 62.3 Å². The van der Waals surface area contributed by atoms with Crippen LogP contribution in [0, 0.1) is 0 Å². The summed E-state index contributed by atoms with van der Waals surface area (Å²) in [6.07, 6.45) is 5.49. The number of hydrogen-bond donors (Lipinski definition) is 1. The lowest BCUT2D eigenvalue weighted by atomic mass is 10.2. The van der Waals surface area contributed by atoms with E-state index in [-0.39, 0.29) is 0 Å². The molecule has 4 heteroatoms. The van der Waals surface area contributed by atoms with E-state index in [1.165, 1.54) is 25.1 Å². The van der Waals surface area contributed by atoms with Crippen LogP contribution < -0.4 is 5.32 Å². The SMILES string of the molecule is CCNCC1CCC(CN(C)CCSC)O1. The van der Waals surface area contributed by atoms with Crippen molar-refractivity contribution < 1.29 is 4.74 Å². The van der Waals surface area contributed by atoms with Crippen LogP contribution in [0.25, 0.3) is 0 Å². The Morgan fingerprint density at radius 3 is 2.81 bits per heavy atom. The molecule has 0 radical (unpaired) electrons. The summed E-state index contributed by atoms with van der Waals surface area (Å²) in [6.45, 7) is 6.45. The van der Waals surface area contributed by atoms with Crippen molar-refractivity contribution >= 4 is 11.8 Å². The van der Waals surface area contributed by atoms with Crippen molar-refractivity contribution in [1.29, 1.82) is 0 Å². The third-order valence-electron chi connectivity index (χ3n) is 3.01. The Morgan fingerprint density at radius 2 is 2.12 bits per heavy atom. The molecule has 1 N–H and O–H groups in total. The van der Waals surface area contributed by atoms with Gasteiger partial charge in [-0.1, -0.05) is 6.92 Å². The Balaban J connectivity index is 2.10. The second-order valence-electron chi connectivity index (χ2n) is 4.52. The molecule has 0 bridgehead atoms. The number of rotatable bonds is 8. The molecule has 0 spiro atoms. The largest absolute Gasteiger partial charge is 0.372 e. The molecule has 1 aliphatic heterocycles. The molecule has 96 valence electrons. The molecule has 0 aromatic heterocycles. The summed E-state index contributed by atoms with van der Waals surface area (Å²) < 4.78 is 6.00. The van der Waals surface area contributed by atoms with E-state index in [0.29, 0.717) is 12.2 Å². The minimum atomic E-state index is 0.443. The smallest absolute Gasteiger partial charge is 0.0707 e. The van der Waals surface area contributed by atoms with Crippen molar-refractivity contribution in [2.24, 2.45) is 0 Å². The molecule has 0 saturated carbocycles. The summed E-state index contributed by atoms with van der Waals surface area (Å²) in [5.74, 6) is 1.21. The molecule has 0 aromatic rings. The summed E-state index contributed by atoms with van der Waals surface area (Å²) in [6, 6.07) is 0. The van der Waals surface area contributed by atoms with Crippen LogP contribution in [0.1, 0.15) is 19.8 Å². The first-order valence-corrected chi connectivity index (χ1v) is 7.69. The van der Waals surface area contributed by atoms with Gasteiger partial charge >= 0.3 is 0 Å². The number of likely N-dealkylation sites (N-methyl/N-ethyl adjacent to an activating group) is 2. The van der Waals surface area contributed by atoms with Gasteiger partial charge in [-0.3, -0.25) is 0 Å². The Bertz CT molecular complexity index is 180. The standard InChI is InChI=1S/C12H26N2OS/c1-4-13-9-11-5-6-12(15-11)10-14(2)7-8-16-3/h11-13H,4-10H2,1-3H3. The van der Waals surface area contributed by atoms with Gasteiger partial charge in [0.15, 0.2) is 0 Å². The van der Waals surface area contributed by atoms with Crippen LogP contribution >= 0.6 is 11.8 Å². The molecular formula is C12H26N2OS. The predicted octanol–water partition coefficient (Wildman–Crippen LogP) is 1.44. The molecule has 1 heterocycles.